The molecule has 8 nitrogen and oxygen atoms in total. The van der Waals surface area contributed by atoms with Crippen LogP contribution in [0.2, 0.25) is 0 Å². The molecule has 0 spiro atoms. The van der Waals surface area contributed by atoms with Crippen molar-refractivity contribution in [2.45, 2.75) is 77.5 Å². The van der Waals surface area contributed by atoms with E-state index in [1.54, 1.807) is 0 Å². The molecule has 3 heterocycles. The summed E-state index contributed by atoms with van der Waals surface area (Å²) in [6.07, 6.45) is 8.76. The number of rotatable bonds is 4. The Labute approximate surface area is 160 Å². The summed E-state index contributed by atoms with van der Waals surface area (Å²) < 4.78 is 4.32. The number of fused-ring (bicyclic) bond motifs is 2. The number of aromatic nitrogens is 5. The second-order valence-electron chi connectivity index (χ2n) is 7.83. The van der Waals surface area contributed by atoms with Crippen LogP contribution in [0.25, 0.3) is 0 Å². The Kier molecular flexibility index (Phi) is 5.13. The summed E-state index contributed by atoms with van der Waals surface area (Å²) in [7, 11) is 1.82. The molecule has 0 saturated heterocycles. The van der Waals surface area contributed by atoms with Gasteiger partial charge in [0.05, 0.1) is 12.2 Å². The molecule has 8 heteroatoms. The van der Waals surface area contributed by atoms with Crippen molar-refractivity contribution < 1.29 is 0 Å². The molecular formula is C19H30N8. The van der Waals surface area contributed by atoms with E-state index in [4.69, 9.17) is 5.10 Å². The van der Waals surface area contributed by atoms with Crippen LogP contribution >= 0.6 is 0 Å². The third-order valence-corrected chi connectivity index (χ3v) is 5.54. The van der Waals surface area contributed by atoms with E-state index in [-0.39, 0.29) is 0 Å². The number of nitrogens with zero attached hydrogens (tertiary/aromatic N) is 6. The van der Waals surface area contributed by atoms with Crippen LogP contribution in [0.3, 0.4) is 0 Å². The Hall–Kier alpha value is -2.38. The molecule has 2 N–H and O–H groups in total. The molecule has 1 aliphatic heterocycles. The summed E-state index contributed by atoms with van der Waals surface area (Å²) in [5.41, 5.74) is 2.61. The van der Waals surface area contributed by atoms with Crippen LogP contribution in [0.15, 0.2) is 11.2 Å². The lowest BCUT2D eigenvalue weighted by molar-refractivity contribution is 0.493. The SMILES string of the molecule is CN=C(NCc1nnc2n1CCCC2)NC1CCc2cn(C(C)C)nc2C1. The molecule has 4 rings (SSSR count). The normalized spacial score (nSPS) is 19.7. The van der Waals surface area contributed by atoms with E-state index in [1.165, 1.54) is 24.1 Å². The molecule has 1 aliphatic carbocycles. The first-order valence-corrected chi connectivity index (χ1v) is 10.1. The predicted octanol–water partition coefficient (Wildman–Crippen LogP) is 1.61. The van der Waals surface area contributed by atoms with Gasteiger partial charge in [0.2, 0.25) is 0 Å². The van der Waals surface area contributed by atoms with Gasteiger partial charge in [0.1, 0.15) is 5.82 Å². The Morgan fingerprint density at radius 3 is 3.00 bits per heavy atom. The summed E-state index contributed by atoms with van der Waals surface area (Å²) in [6, 6.07) is 0.761. The second kappa shape index (κ2) is 7.70. The van der Waals surface area contributed by atoms with Crippen LogP contribution in [0.4, 0.5) is 0 Å². The third kappa shape index (κ3) is 3.84. The minimum atomic E-state index is 0.353. The molecule has 0 bridgehead atoms. The molecule has 2 aliphatic rings. The van der Waals surface area contributed by atoms with Crippen LogP contribution in [-0.4, -0.2) is 43.6 Å². The molecule has 1 unspecified atom stereocenters. The number of aryl methyl sites for hydroxylation is 2. The van der Waals surface area contributed by atoms with Crippen molar-refractivity contribution in [2.24, 2.45) is 4.99 Å². The van der Waals surface area contributed by atoms with Gasteiger partial charge in [-0.2, -0.15) is 5.10 Å². The van der Waals surface area contributed by atoms with E-state index in [0.717, 1.165) is 49.8 Å². The first-order chi connectivity index (χ1) is 13.1. The standard InChI is InChI=1S/C19H30N8/c1-13(2)27-12-14-7-8-15(10-16(14)25-27)22-19(20-3)21-11-18-24-23-17-6-4-5-9-26(17)18/h12-13,15H,4-11H2,1-3H3,(H2,20,21,22). The van der Waals surface area contributed by atoms with E-state index in [0.29, 0.717) is 18.6 Å². The van der Waals surface area contributed by atoms with E-state index in [2.05, 4.69) is 55.1 Å². The topological polar surface area (TPSA) is 85.0 Å². The van der Waals surface area contributed by atoms with E-state index >= 15 is 0 Å². The maximum absolute atomic E-state index is 4.76. The molecular weight excluding hydrogens is 340 g/mol. The minimum absolute atomic E-state index is 0.353. The van der Waals surface area contributed by atoms with Gasteiger partial charge in [-0.25, -0.2) is 0 Å². The Morgan fingerprint density at radius 1 is 1.30 bits per heavy atom. The van der Waals surface area contributed by atoms with Crippen LogP contribution < -0.4 is 10.6 Å². The maximum atomic E-state index is 4.76. The van der Waals surface area contributed by atoms with Gasteiger partial charge in [0, 0.05) is 44.7 Å². The smallest absolute Gasteiger partial charge is 0.191 e. The lowest BCUT2D eigenvalue weighted by Crippen LogP contribution is -2.45. The van der Waals surface area contributed by atoms with Crippen LogP contribution in [-0.2, 0) is 32.4 Å². The van der Waals surface area contributed by atoms with Crippen molar-refractivity contribution in [2.75, 3.05) is 7.05 Å². The highest BCUT2D eigenvalue weighted by Crippen LogP contribution is 2.21. The Balaban J connectivity index is 1.35. The number of hydrogen-bond acceptors (Lipinski definition) is 4. The molecule has 0 fully saturated rings. The molecule has 0 amide bonds. The first kappa shape index (κ1) is 18.0. The average molecular weight is 371 g/mol. The summed E-state index contributed by atoms with van der Waals surface area (Å²) >= 11 is 0. The summed E-state index contributed by atoms with van der Waals surface area (Å²) in [5, 5.41) is 20.4. The monoisotopic (exact) mass is 370 g/mol. The predicted molar refractivity (Wildman–Crippen MR) is 105 cm³/mol. The van der Waals surface area contributed by atoms with Gasteiger partial charge in [-0.15, -0.1) is 10.2 Å². The van der Waals surface area contributed by atoms with Gasteiger partial charge in [-0.1, -0.05) is 0 Å². The van der Waals surface area contributed by atoms with Gasteiger partial charge in [-0.05, 0) is 45.1 Å². The lowest BCUT2D eigenvalue weighted by atomic mass is 9.94. The zero-order valence-electron chi connectivity index (χ0n) is 16.6. The highest BCUT2D eigenvalue weighted by molar-refractivity contribution is 5.79. The third-order valence-electron chi connectivity index (χ3n) is 5.54. The van der Waals surface area contributed by atoms with Crippen LogP contribution in [0.5, 0.6) is 0 Å². The quantitative estimate of drug-likeness (QED) is 0.631. The van der Waals surface area contributed by atoms with Gasteiger partial charge in [0.25, 0.3) is 0 Å². The van der Waals surface area contributed by atoms with Crippen molar-refractivity contribution >= 4 is 5.96 Å². The van der Waals surface area contributed by atoms with E-state index < -0.39 is 0 Å². The van der Waals surface area contributed by atoms with E-state index in [9.17, 15) is 0 Å². The van der Waals surface area contributed by atoms with Gasteiger partial charge in [-0.3, -0.25) is 9.67 Å². The number of guanidine groups is 1. The fourth-order valence-electron chi connectivity index (χ4n) is 3.95. The fraction of sp³-hybridized carbons (Fsp3) is 0.684. The van der Waals surface area contributed by atoms with Gasteiger partial charge < -0.3 is 15.2 Å². The van der Waals surface area contributed by atoms with Gasteiger partial charge in [0.15, 0.2) is 11.8 Å². The maximum Gasteiger partial charge on any atom is 0.191 e. The molecule has 0 radical (unpaired) electrons. The van der Waals surface area contributed by atoms with E-state index in [1.807, 2.05) is 7.05 Å². The average Bonchev–Trinajstić information content (AvgIpc) is 3.29. The first-order valence-electron chi connectivity index (χ1n) is 10.1. The summed E-state index contributed by atoms with van der Waals surface area (Å²) in [5.74, 6) is 2.93. The van der Waals surface area contributed by atoms with Crippen molar-refractivity contribution in [3.05, 3.63) is 29.1 Å². The zero-order chi connectivity index (χ0) is 18.8. The molecule has 0 aromatic carbocycles. The zero-order valence-corrected chi connectivity index (χ0v) is 16.6. The summed E-state index contributed by atoms with van der Waals surface area (Å²) in [6.45, 7) is 6.01. The molecule has 0 saturated carbocycles. The van der Waals surface area contributed by atoms with Crippen molar-refractivity contribution in [1.29, 1.82) is 0 Å². The van der Waals surface area contributed by atoms with Crippen molar-refractivity contribution in [1.82, 2.24) is 35.2 Å². The largest absolute Gasteiger partial charge is 0.353 e. The summed E-state index contributed by atoms with van der Waals surface area (Å²) in [4.78, 5) is 4.39. The molecule has 1 atom stereocenters. The minimum Gasteiger partial charge on any atom is -0.353 e. The highest BCUT2D eigenvalue weighted by atomic mass is 15.3. The lowest BCUT2D eigenvalue weighted by Gasteiger charge is -2.24. The number of hydrogen-bond donors (Lipinski definition) is 2. The highest BCUT2D eigenvalue weighted by Gasteiger charge is 2.23. The number of aliphatic imine (C=N–C) groups is 1. The van der Waals surface area contributed by atoms with Crippen LogP contribution in [0, 0.1) is 0 Å². The van der Waals surface area contributed by atoms with Gasteiger partial charge >= 0.3 is 0 Å². The Bertz CT molecular complexity index is 816. The Morgan fingerprint density at radius 2 is 2.19 bits per heavy atom. The fourth-order valence-corrected chi connectivity index (χ4v) is 3.95. The van der Waals surface area contributed by atoms with Crippen molar-refractivity contribution in [3.8, 4) is 0 Å². The van der Waals surface area contributed by atoms with Crippen LogP contribution in [0.1, 0.15) is 62.1 Å². The molecule has 27 heavy (non-hydrogen) atoms. The molecule has 2 aromatic heterocycles. The number of nitrogens with one attached hydrogen (secondary N) is 2. The molecule has 2 aromatic rings. The molecule has 146 valence electrons. The second-order valence-corrected chi connectivity index (χ2v) is 7.83. The van der Waals surface area contributed by atoms with Crippen molar-refractivity contribution in [3.63, 3.8) is 0 Å².